The van der Waals surface area contributed by atoms with Gasteiger partial charge in [-0.15, -0.1) is 0 Å². The number of amides is 1. The number of H-pyrrole nitrogens is 1. The van der Waals surface area contributed by atoms with Crippen LogP contribution in [0.5, 0.6) is 0 Å². The van der Waals surface area contributed by atoms with E-state index in [1.54, 1.807) is 0 Å². The fourth-order valence-corrected chi connectivity index (χ4v) is 2.86. The maximum absolute atomic E-state index is 11.9. The number of carbonyl (C=O) groups is 1. The molecule has 1 amide bonds. The minimum absolute atomic E-state index is 0.0896. The summed E-state index contributed by atoms with van der Waals surface area (Å²) < 4.78 is 0. The number of aromatic nitrogens is 1. The van der Waals surface area contributed by atoms with Crippen molar-refractivity contribution in [3.8, 4) is 0 Å². The van der Waals surface area contributed by atoms with E-state index in [0.29, 0.717) is 13.0 Å². The largest absolute Gasteiger partial charge is 0.361 e. The van der Waals surface area contributed by atoms with Crippen LogP contribution in [0.2, 0.25) is 5.02 Å². The zero-order chi connectivity index (χ0) is 16.1. The van der Waals surface area contributed by atoms with Crippen LogP contribution in [0.15, 0.2) is 54.7 Å². The molecule has 0 aliphatic rings. The van der Waals surface area contributed by atoms with Crippen molar-refractivity contribution in [1.29, 1.82) is 0 Å². The van der Waals surface area contributed by atoms with Crippen LogP contribution in [-0.2, 0) is 17.6 Å². The van der Waals surface area contributed by atoms with Crippen LogP contribution in [0.1, 0.15) is 17.5 Å². The van der Waals surface area contributed by atoms with Gasteiger partial charge in [0.15, 0.2) is 0 Å². The topological polar surface area (TPSA) is 44.9 Å². The first-order chi connectivity index (χ1) is 11.2. The molecular weight excluding hydrogens is 308 g/mol. The summed E-state index contributed by atoms with van der Waals surface area (Å²) in [6.45, 7) is 0.632. The molecule has 0 spiro atoms. The van der Waals surface area contributed by atoms with E-state index in [1.165, 1.54) is 11.1 Å². The molecule has 1 aromatic heterocycles. The van der Waals surface area contributed by atoms with E-state index in [1.807, 2.05) is 54.7 Å². The monoisotopic (exact) mass is 326 g/mol. The second-order valence-corrected chi connectivity index (χ2v) is 6.03. The fraction of sp³-hybridized carbons (Fsp3) is 0.211. The molecule has 0 saturated heterocycles. The lowest BCUT2D eigenvalue weighted by Crippen LogP contribution is -2.25. The summed E-state index contributed by atoms with van der Waals surface area (Å²) in [6.07, 6.45) is 4.06. The number of aromatic amines is 1. The quantitative estimate of drug-likeness (QED) is 0.703. The number of rotatable bonds is 6. The van der Waals surface area contributed by atoms with Gasteiger partial charge in [0.1, 0.15) is 0 Å². The predicted octanol–water partition coefficient (Wildman–Crippen LogP) is 4.11. The first-order valence-corrected chi connectivity index (χ1v) is 8.16. The third-order valence-electron chi connectivity index (χ3n) is 3.93. The van der Waals surface area contributed by atoms with Gasteiger partial charge >= 0.3 is 0 Å². The van der Waals surface area contributed by atoms with Crippen LogP contribution in [0.4, 0.5) is 0 Å². The Morgan fingerprint density at radius 3 is 2.74 bits per heavy atom. The van der Waals surface area contributed by atoms with Crippen molar-refractivity contribution < 1.29 is 4.79 Å². The van der Waals surface area contributed by atoms with Crippen LogP contribution in [-0.4, -0.2) is 17.4 Å². The third-order valence-corrected chi connectivity index (χ3v) is 4.16. The molecule has 0 unspecified atom stereocenters. The fourth-order valence-electron chi connectivity index (χ4n) is 2.68. The standard InChI is InChI=1S/C19H19ClN2O/c20-16-7-8-18-17(12-16)15(13-22-18)10-11-21-19(23)9-6-14-4-2-1-3-5-14/h1-5,7-8,12-13,22H,6,9-11H2,(H,21,23). The molecule has 0 aliphatic heterocycles. The highest BCUT2D eigenvalue weighted by molar-refractivity contribution is 6.31. The lowest BCUT2D eigenvalue weighted by molar-refractivity contribution is -0.121. The molecule has 3 aromatic rings. The van der Waals surface area contributed by atoms with Crippen molar-refractivity contribution >= 4 is 28.4 Å². The predicted molar refractivity (Wildman–Crippen MR) is 94.8 cm³/mol. The number of fused-ring (bicyclic) bond motifs is 1. The molecule has 2 aromatic carbocycles. The summed E-state index contributed by atoms with van der Waals surface area (Å²) >= 11 is 6.05. The summed E-state index contributed by atoms with van der Waals surface area (Å²) in [5, 5.41) is 4.83. The molecule has 0 radical (unpaired) electrons. The Morgan fingerprint density at radius 1 is 1.09 bits per heavy atom. The number of hydrogen-bond donors (Lipinski definition) is 2. The highest BCUT2D eigenvalue weighted by Crippen LogP contribution is 2.22. The van der Waals surface area contributed by atoms with Crippen LogP contribution >= 0.6 is 11.6 Å². The Bertz CT molecular complexity index is 795. The Morgan fingerprint density at radius 2 is 1.91 bits per heavy atom. The van der Waals surface area contributed by atoms with Crippen molar-refractivity contribution in [3.63, 3.8) is 0 Å². The number of nitrogens with one attached hydrogen (secondary N) is 2. The Hall–Kier alpha value is -2.26. The van der Waals surface area contributed by atoms with Crippen LogP contribution in [0.3, 0.4) is 0 Å². The Balaban J connectivity index is 1.48. The smallest absolute Gasteiger partial charge is 0.220 e. The minimum atomic E-state index is 0.0896. The van der Waals surface area contributed by atoms with E-state index in [0.717, 1.165) is 28.8 Å². The summed E-state index contributed by atoms with van der Waals surface area (Å²) in [4.78, 5) is 15.2. The van der Waals surface area contributed by atoms with Gasteiger partial charge in [0.2, 0.25) is 5.91 Å². The highest BCUT2D eigenvalue weighted by atomic mass is 35.5. The molecule has 0 saturated carbocycles. The maximum Gasteiger partial charge on any atom is 0.220 e. The van der Waals surface area contributed by atoms with Crippen molar-refractivity contribution in [2.75, 3.05) is 6.54 Å². The molecule has 23 heavy (non-hydrogen) atoms. The van der Waals surface area contributed by atoms with Gasteiger partial charge in [0.25, 0.3) is 0 Å². The minimum Gasteiger partial charge on any atom is -0.361 e. The maximum atomic E-state index is 11.9. The number of halogens is 1. The first-order valence-electron chi connectivity index (χ1n) is 7.78. The molecule has 2 N–H and O–H groups in total. The summed E-state index contributed by atoms with van der Waals surface area (Å²) in [5.74, 6) is 0.0896. The SMILES string of the molecule is O=C(CCc1ccccc1)NCCc1c[nH]c2ccc(Cl)cc12. The lowest BCUT2D eigenvalue weighted by Gasteiger charge is -2.05. The van der Waals surface area contributed by atoms with Crippen LogP contribution in [0.25, 0.3) is 10.9 Å². The van der Waals surface area contributed by atoms with Crippen molar-refractivity contribution in [2.45, 2.75) is 19.3 Å². The van der Waals surface area contributed by atoms with E-state index < -0.39 is 0 Å². The van der Waals surface area contributed by atoms with Gasteiger partial charge in [-0.1, -0.05) is 41.9 Å². The van der Waals surface area contributed by atoms with E-state index >= 15 is 0 Å². The molecular formula is C19H19ClN2O. The zero-order valence-corrected chi connectivity index (χ0v) is 13.6. The van der Waals surface area contributed by atoms with Crippen LogP contribution in [0, 0.1) is 0 Å². The normalized spacial score (nSPS) is 10.8. The molecule has 0 bridgehead atoms. The van der Waals surface area contributed by atoms with Gasteiger partial charge in [0.05, 0.1) is 0 Å². The van der Waals surface area contributed by atoms with E-state index in [2.05, 4.69) is 10.3 Å². The highest BCUT2D eigenvalue weighted by Gasteiger charge is 2.06. The average Bonchev–Trinajstić information content (AvgIpc) is 2.96. The molecule has 0 fully saturated rings. The van der Waals surface area contributed by atoms with Gasteiger partial charge in [-0.05, 0) is 42.2 Å². The van der Waals surface area contributed by atoms with E-state index in [4.69, 9.17) is 11.6 Å². The lowest BCUT2D eigenvalue weighted by atomic mass is 10.1. The summed E-state index contributed by atoms with van der Waals surface area (Å²) in [7, 11) is 0. The third kappa shape index (κ3) is 4.14. The second-order valence-electron chi connectivity index (χ2n) is 5.59. The summed E-state index contributed by atoms with van der Waals surface area (Å²) in [6, 6.07) is 15.9. The number of hydrogen-bond acceptors (Lipinski definition) is 1. The van der Waals surface area contributed by atoms with Gasteiger partial charge in [-0.3, -0.25) is 4.79 Å². The molecule has 3 nitrogen and oxygen atoms in total. The van der Waals surface area contributed by atoms with Crippen molar-refractivity contribution in [3.05, 3.63) is 70.9 Å². The van der Waals surface area contributed by atoms with Gasteiger partial charge in [0, 0.05) is 35.1 Å². The number of carbonyl (C=O) groups excluding carboxylic acids is 1. The molecule has 0 aliphatic carbocycles. The zero-order valence-electron chi connectivity index (χ0n) is 12.8. The molecule has 118 valence electrons. The number of aryl methyl sites for hydroxylation is 1. The van der Waals surface area contributed by atoms with Crippen molar-refractivity contribution in [2.24, 2.45) is 0 Å². The van der Waals surface area contributed by atoms with Crippen LogP contribution < -0.4 is 5.32 Å². The van der Waals surface area contributed by atoms with E-state index in [9.17, 15) is 4.79 Å². The Kier molecular flexibility index (Phi) is 4.99. The molecule has 3 rings (SSSR count). The Labute approximate surface area is 140 Å². The number of benzene rings is 2. The summed E-state index contributed by atoms with van der Waals surface area (Å²) in [5.41, 5.74) is 3.43. The van der Waals surface area contributed by atoms with E-state index in [-0.39, 0.29) is 5.91 Å². The van der Waals surface area contributed by atoms with Gasteiger partial charge < -0.3 is 10.3 Å². The van der Waals surface area contributed by atoms with Crippen molar-refractivity contribution in [1.82, 2.24) is 10.3 Å². The molecule has 1 heterocycles. The molecule has 4 heteroatoms. The van der Waals surface area contributed by atoms with Gasteiger partial charge in [-0.25, -0.2) is 0 Å². The second kappa shape index (κ2) is 7.34. The van der Waals surface area contributed by atoms with Gasteiger partial charge in [-0.2, -0.15) is 0 Å². The first kappa shape index (κ1) is 15.6. The molecule has 0 atom stereocenters. The average molecular weight is 327 g/mol.